The molecule has 2 rings (SSSR count). The zero-order valence-corrected chi connectivity index (χ0v) is 15.0. The fraction of sp³-hybridized carbons (Fsp3) is 0.706. The number of nitrogens with one attached hydrogen (secondary N) is 1. The lowest BCUT2D eigenvalue weighted by molar-refractivity contribution is -0.137. The summed E-state index contributed by atoms with van der Waals surface area (Å²) in [5.41, 5.74) is 0.845. The van der Waals surface area contributed by atoms with Crippen molar-refractivity contribution in [2.24, 2.45) is 13.0 Å². The smallest absolute Gasteiger partial charge is 0.245 e. The Morgan fingerprint density at radius 3 is 2.43 bits per heavy atom. The molecule has 0 bridgehead atoms. The highest BCUT2D eigenvalue weighted by molar-refractivity contribution is 5.94. The summed E-state index contributed by atoms with van der Waals surface area (Å²) in [6, 6.07) is 1.91. The second-order valence-electron chi connectivity index (χ2n) is 7.67. The first-order valence-electron chi connectivity index (χ1n) is 8.24. The second-order valence-corrected chi connectivity index (χ2v) is 7.67. The zero-order chi connectivity index (χ0) is 17.4. The number of anilines is 1. The van der Waals surface area contributed by atoms with Crippen LogP contribution in [0.1, 0.15) is 53.2 Å². The molecule has 1 saturated carbocycles. The van der Waals surface area contributed by atoms with E-state index in [4.69, 9.17) is 0 Å². The number of carbonyl (C=O) groups excluding carboxylic acids is 2. The molecule has 6 heteroatoms. The van der Waals surface area contributed by atoms with Gasteiger partial charge in [0.2, 0.25) is 11.8 Å². The fourth-order valence-corrected chi connectivity index (χ4v) is 2.37. The van der Waals surface area contributed by atoms with Gasteiger partial charge in [0.1, 0.15) is 12.4 Å². The molecule has 1 aliphatic carbocycles. The number of hydrogen-bond acceptors (Lipinski definition) is 3. The lowest BCUT2D eigenvalue weighted by atomic mass is 9.92. The average Bonchev–Trinajstić information content (AvgIpc) is 3.20. The van der Waals surface area contributed by atoms with Crippen LogP contribution in [0.25, 0.3) is 0 Å². The molecular weight excluding hydrogens is 292 g/mol. The Labute approximate surface area is 138 Å². The van der Waals surface area contributed by atoms with E-state index in [1.165, 1.54) is 0 Å². The standard InChI is InChI=1S/C17H28N4O2/c1-11(2)21(16(23)12-7-8-12)10-15(22)18-14-9-13(17(3,4)5)19-20(14)6/h9,11-12H,7-8,10H2,1-6H3,(H,18,22). The highest BCUT2D eigenvalue weighted by Crippen LogP contribution is 2.31. The van der Waals surface area contributed by atoms with Crippen molar-refractivity contribution in [3.8, 4) is 0 Å². The van der Waals surface area contributed by atoms with Gasteiger partial charge >= 0.3 is 0 Å². The van der Waals surface area contributed by atoms with E-state index in [0.717, 1.165) is 18.5 Å². The highest BCUT2D eigenvalue weighted by Gasteiger charge is 2.35. The molecule has 128 valence electrons. The van der Waals surface area contributed by atoms with Gasteiger partial charge in [0, 0.05) is 30.5 Å². The molecule has 1 aliphatic rings. The summed E-state index contributed by atoms with van der Waals surface area (Å²) in [6.07, 6.45) is 1.89. The van der Waals surface area contributed by atoms with Gasteiger partial charge in [0.05, 0.1) is 5.69 Å². The topological polar surface area (TPSA) is 67.2 Å². The molecule has 0 radical (unpaired) electrons. The van der Waals surface area contributed by atoms with E-state index < -0.39 is 0 Å². The Hall–Kier alpha value is -1.85. The zero-order valence-electron chi connectivity index (χ0n) is 15.0. The normalized spacial score (nSPS) is 14.9. The summed E-state index contributed by atoms with van der Waals surface area (Å²) < 4.78 is 1.67. The maximum Gasteiger partial charge on any atom is 0.245 e. The van der Waals surface area contributed by atoms with Crippen LogP contribution < -0.4 is 5.32 Å². The van der Waals surface area contributed by atoms with Gasteiger partial charge in [0.25, 0.3) is 0 Å². The van der Waals surface area contributed by atoms with Crippen molar-refractivity contribution in [3.05, 3.63) is 11.8 Å². The van der Waals surface area contributed by atoms with Gasteiger partial charge in [-0.05, 0) is 26.7 Å². The summed E-state index contributed by atoms with van der Waals surface area (Å²) in [7, 11) is 1.81. The lowest BCUT2D eigenvalue weighted by Gasteiger charge is -2.26. The fourth-order valence-electron chi connectivity index (χ4n) is 2.37. The van der Waals surface area contributed by atoms with E-state index in [1.54, 1.807) is 16.6 Å². The molecule has 1 fully saturated rings. The largest absolute Gasteiger partial charge is 0.331 e. The van der Waals surface area contributed by atoms with Crippen LogP contribution in [0, 0.1) is 5.92 Å². The highest BCUT2D eigenvalue weighted by atomic mass is 16.2. The van der Waals surface area contributed by atoms with Crippen LogP contribution in [-0.2, 0) is 22.1 Å². The molecule has 1 heterocycles. The summed E-state index contributed by atoms with van der Waals surface area (Å²) in [6.45, 7) is 10.2. The SMILES string of the molecule is CC(C)N(CC(=O)Nc1cc(C(C)(C)C)nn1C)C(=O)C1CC1. The maximum absolute atomic E-state index is 12.3. The molecule has 0 unspecified atom stereocenters. The van der Waals surface area contributed by atoms with Crippen molar-refractivity contribution in [2.75, 3.05) is 11.9 Å². The molecule has 0 atom stereocenters. The predicted octanol–water partition coefficient (Wildman–Crippen LogP) is 2.30. The van der Waals surface area contributed by atoms with E-state index in [1.807, 2.05) is 19.9 Å². The molecule has 0 spiro atoms. The number of hydrogen-bond donors (Lipinski definition) is 1. The second kappa shape index (κ2) is 6.34. The Morgan fingerprint density at radius 2 is 2.00 bits per heavy atom. The number of carbonyl (C=O) groups is 2. The molecule has 1 aromatic heterocycles. The molecule has 1 N–H and O–H groups in total. The predicted molar refractivity (Wildman–Crippen MR) is 90.1 cm³/mol. The maximum atomic E-state index is 12.3. The first-order valence-corrected chi connectivity index (χ1v) is 8.24. The molecule has 0 aromatic carbocycles. The van der Waals surface area contributed by atoms with Gasteiger partial charge in [-0.3, -0.25) is 14.3 Å². The van der Waals surface area contributed by atoms with Crippen LogP contribution >= 0.6 is 0 Å². The molecule has 0 aliphatic heterocycles. The minimum absolute atomic E-state index is 0.0190. The van der Waals surface area contributed by atoms with E-state index in [-0.39, 0.29) is 35.7 Å². The Balaban J connectivity index is 2.03. The number of nitrogens with zero attached hydrogens (tertiary/aromatic N) is 3. The van der Waals surface area contributed by atoms with Gasteiger partial charge in [0.15, 0.2) is 0 Å². The number of aromatic nitrogens is 2. The van der Waals surface area contributed by atoms with E-state index in [9.17, 15) is 9.59 Å². The number of amides is 2. The van der Waals surface area contributed by atoms with Crippen molar-refractivity contribution < 1.29 is 9.59 Å². The summed E-state index contributed by atoms with van der Waals surface area (Å²) in [5.74, 6) is 0.684. The molecule has 2 amide bonds. The minimum Gasteiger partial charge on any atom is -0.331 e. The van der Waals surface area contributed by atoms with E-state index in [2.05, 4.69) is 31.2 Å². The average molecular weight is 320 g/mol. The first kappa shape index (κ1) is 17.5. The van der Waals surface area contributed by atoms with Gasteiger partial charge in [-0.1, -0.05) is 20.8 Å². The van der Waals surface area contributed by atoms with Crippen molar-refractivity contribution in [2.45, 2.75) is 58.9 Å². The third-order valence-corrected chi connectivity index (χ3v) is 4.06. The van der Waals surface area contributed by atoms with E-state index in [0.29, 0.717) is 5.82 Å². The first-order chi connectivity index (χ1) is 10.6. The Bertz CT molecular complexity index is 594. The molecule has 1 aromatic rings. The van der Waals surface area contributed by atoms with Crippen molar-refractivity contribution in [1.82, 2.24) is 14.7 Å². The Morgan fingerprint density at radius 1 is 1.39 bits per heavy atom. The minimum atomic E-state index is -0.184. The summed E-state index contributed by atoms with van der Waals surface area (Å²) in [4.78, 5) is 26.3. The molecule has 23 heavy (non-hydrogen) atoms. The van der Waals surface area contributed by atoms with E-state index >= 15 is 0 Å². The van der Waals surface area contributed by atoms with Crippen LogP contribution in [0.3, 0.4) is 0 Å². The lowest BCUT2D eigenvalue weighted by Crippen LogP contribution is -2.43. The van der Waals surface area contributed by atoms with Crippen molar-refractivity contribution in [3.63, 3.8) is 0 Å². The van der Waals surface area contributed by atoms with Crippen LogP contribution in [0.15, 0.2) is 6.07 Å². The summed E-state index contributed by atoms with van der Waals surface area (Å²) >= 11 is 0. The van der Waals surface area contributed by atoms with Gasteiger partial charge < -0.3 is 10.2 Å². The molecule has 0 saturated heterocycles. The third kappa shape index (κ3) is 4.33. The number of aryl methyl sites for hydroxylation is 1. The van der Waals surface area contributed by atoms with Crippen LogP contribution in [0.2, 0.25) is 0 Å². The quantitative estimate of drug-likeness (QED) is 0.905. The van der Waals surface area contributed by atoms with Gasteiger partial charge in [-0.25, -0.2) is 0 Å². The summed E-state index contributed by atoms with van der Waals surface area (Å²) in [5, 5.41) is 7.31. The molecular formula is C17H28N4O2. The molecule has 6 nitrogen and oxygen atoms in total. The van der Waals surface area contributed by atoms with Gasteiger partial charge in [-0.2, -0.15) is 5.10 Å². The third-order valence-electron chi connectivity index (χ3n) is 4.06. The van der Waals surface area contributed by atoms with Crippen molar-refractivity contribution >= 4 is 17.6 Å². The number of rotatable bonds is 5. The van der Waals surface area contributed by atoms with Crippen LogP contribution in [0.5, 0.6) is 0 Å². The monoisotopic (exact) mass is 320 g/mol. The van der Waals surface area contributed by atoms with Crippen LogP contribution in [0.4, 0.5) is 5.82 Å². The van der Waals surface area contributed by atoms with Gasteiger partial charge in [-0.15, -0.1) is 0 Å². The van der Waals surface area contributed by atoms with Crippen molar-refractivity contribution in [1.29, 1.82) is 0 Å². The van der Waals surface area contributed by atoms with Crippen LogP contribution in [-0.4, -0.2) is 39.1 Å². The Kier molecular flexibility index (Phi) is 4.82.